The van der Waals surface area contributed by atoms with Gasteiger partial charge in [0.2, 0.25) is 0 Å². The molecule has 1 heterocycles. The number of carbonyl (C=O) groups excluding carboxylic acids is 1. The number of ether oxygens (including phenoxy) is 1. The lowest BCUT2D eigenvalue weighted by Crippen LogP contribution is -2.21. The van der Waals surface area contributed by atoms with E-state index < -0.39 is 27.8 Å². The Morgan fingerprint density at radius 3 is 2.75 bits per heavy atom. The predicted molar refractivity (Wildman–Crippen MR) is 50.7 cm³/mol. The second kappa shape index (κ2) is 4.58. The second-order valence-electron chi connectivity index (χ2n) is 2.75. The molecule has 0 atom stereocenters. The molecule has 0 fully saturated rings. The lowest BCUT2D eigenvalue weighted by Gasteiger charge is -2.03. The highest BCUT2D eigenvalue weighted by Gasteiger charge is 2.26. The number of nitrogens with zero attached hydrogens (tertiary/aromatic N) is 2. The number of alkyl halides is 1. The van der Waals surface area contributed by atoms with Crippen LogP contribution in [0.2, 0.25) is 0 Å². The summed E-state index contributed by atoms with van der Waals surface area (Å²) in [5, 5.41) is 7.55. The van der Waals surface area contributed by atoms with Crippen molar-refractivity contribution < 1.29 is 22.3 Å². The monoisotopic (exact) mass is 251 g/mol. The topological polar surface area (TPSA) is 104 Å². The van der Waals surface area contributed by atoms with Gasteiger partial charge in [-0.2, -0.15) is 5.10 Å². The van der Waals surface area contributed by atoms with E-state index in [1.165, 1.54) is 0 Å². The highest BCUT2D eigenvalue weighted by atomic mass is 32.2. The van der Waals surface area contributed by atoms with Gasteiger partial charge in [0.25, 0.3) is 10.0 Å². The fourth-order valence-corrected chi connectivity index (χ4v) is 1.94. The molecule has 0 saturated heterocycles. The minimum absolute atomic E-state index is 0.0592. The molecular weight excluding hydrogens is 241 g/mol. The Hall–Kier alpha value is -1.48. The van der Waals surface area contributed by atoms with Crippen molar-refractivity contribution >= 4 is 16.0 Å². The van der Waals surface area contributed by atoms with Gasteiger partial charge in [-0.1, -0.05) is 0 Å². The van der Waals surface area contributed by atoms with E-state index in [0.717, 1.165) is 6.20 Å². The third kappa shape index (κ3) is 2.36. The maximum atomic E-state index is 12.4. The van der Waals surface area contributed by atoms with Crippen molar-refractivity contribution in [1.29, 1.82) is 0 Å². The lowest BCUT2D eigenvalue weighted by molar-refractivity contribution is 0.0521. The van der Waals surface area contributed by atoms with Crippen LogP contribution >= 0.6 is 0 Å². The Bertz CT molecular complexity index is 496. The molecule has 16 heavy (non-hydrogen) atoms. The van der Waals surface area contributed by atoms with Gasteiger partial charge in [0.1, 0.15) is 5.56 Å². The summed E-state index contributed by atoms with van der Waals surface area (Å²) in [5.41, 5.74) is -0.373. The van der Waals surface area contributed by atoms with Crippen LogP contribution < -0.4 is 5.14 Å². The van der Waals surface area contributed by atoms with Crippen LogP contribution in [0.4, 0.5) is 4.39 Å². The molecule has 1 aromatic rings. The van der Waals surface area contributed by atoms with E-state index in [9.17, 15) is 17.6 Å². The molecule has 2 N–H and O–H groups in total. The van der Waals surface area contributed by atoms with Gasteiger partial charge in [-0.25, -0.2) is 27.4 Å². The fourth-order valence-electron chi connectivity index (χ4n) is 1.11. The van der Waals surface area contributed by atoms with E-state index in [2.05, 4.69) is 9.84 Å². The average Bonchev–Trinajstić information content (AvgIpc) is 2.60. The van der Waals surface area contributed by atoms with Crippen LogP contribution in [0.25, 0.3) is 0 Å². The number of aromatic nitrogens is 2. The largest absolute Gasteiger partial charge is 0.462 e. The number of sulfonamides is 1. The minimum atomic E-state index is -4.24. The van der Waals surface area contributed by atoms with E-state index in [4.69, 9.17) is 5.14 Å². The van der Waals surface area contributed by atoms with E-state index in [1.807, 2.05) is 0 Å². The van der Waals surface area contributed by atoms with Crippen LogP contribution in [-0.4, -0.2) is 30.8 Å². The number of carbonyl (C=O) groups is 1. The Morgan fingerprint density at radius 1 is 1.69 bits per heavy atom. The number of hydrogen-bond acceptors (Lipinski definition) is 5. The second-order valence-corrected chi connectivity index (χ2v) is 4.22. The summed E-state index contributed by atoms with van der Waals surface area (Å²) in [6.45, 7) is 0.406. The number of primary sulfonamides is 1. The summed E-state index contributed by atoms with van der Waals surface area (Å²) in [6.07, 6.45) is 0.900. The van der Waals surface area contributed by atoms with Crippen LogP contribution in [0.15, 0.2) is 11.2 Å². The molecule has 1 aromatic heterocycles. The Labute approximate surface area is 91.0 Å². The summed E-state index contributed by atoms with van der Waals surface area (Å²) >= 11 is 0. The molecule has 0 aliphatic heterocycles. The first-order chi connectivity index (χ1) is 7.41. The first-order valence-corrected chi connectivity index (χ1v) is 5.78. The summed E-state index contributed by atoms with van der Waals surface area (Å²) in [4.78, 5) is 11.3. The highest BCUT2D eigenvalue weighted by molar-refractivity contribution is 7.89. The number of hydrogen-bond donors (Lipinski definition) is 1. The molecule has 0 radical (unpaired) electrons. The molecule has 0 amide bonds. The zero-order valence-electron chi connectivity index (χ0n) is 8.38. The summed E-state index contributed by atoms with van der Waals surface area (Å²) in [7, 11) is -4.24. The normalized spacial score (nSPS) is 11.4. The maximum Gasteiger partial charge on any atom is 0.342 e. The maximum absolute atomic E-state index is 12.4. The summed E-state index contributed by atoms with van der Waals surface area (Å²) < 4.78 is 39.8. The van der Waals surface area contributed by atoms with Crippen LogP contribution in [0, 0.1) is 0 Å². The highest BCUT2D eigenvalue weighted by Crippen LogP contribution is 2.15. The van der Waals surface area contributed by atoms with Crippen LogP contribution in [-0.2, 0) is 21.6 Å². The summed E-state index contributed by atoms with van der Waals surface area (Å²) in [6, 6.07) is 0. The summed E-state index contributed by atoms with van der Waals surface area (Å²) in [5.74, 6) is -0.911. The lowest BCUT2D eigenvalue weighted by atomic mass is 10.4. The molecular formula is C7H10FN3O4S. The van der Waals surface area contributed by atoms with Crippen molar-refractivity contribution in [2.24, 2.45) is 5.14 Å². The van der Waals surface area contributed by atoms with Gasteiger partial charge in [-0.15, -0.1) is 0 Å². The van der Waals surface area contributed by atoms with Gasteiger partial charge in [-0.3, -0.25) is 0 Å². The Morgan fingerprint density at radius 2 is 2.31 bits per heavy atom. The Balaban J connectivity index is 3.31. The fraction of sp³-hybridized carbons (Fsp3) is 0.429. The third-order valence-electron chi connectivity index (χ3n) is 1.67. The molecule has 90 valence electrons. The molecule has 7 nitrogen and oxygen atoms in total. The molecule has 0 aromatic carbocycles. The molecule has 1 rings (SSSR count). The van der Waals surface area contributed by atoms with Crippen molar-refractivity contribution in [3.8, 4) is 0 Å². The number of nitrogens with two attached hydrogens (primary N) is 1. The van der Waals surface area contributed by atoms with Gasteiger partial charge >= 0.3 is 5.97 Å². The van der Waals surface area contributed by atoms with Gasteiger partial charge < -0.3 is 4.74 Å². The van der Waals surface area contributed by atoms with Gasteiger partial charge in [0.05, 0.1) is 12.8 Å². The molecule has 0 spiro atoms. The van der Waals surface area contributed by atoms with Crippen molar-refractivity contribution in [3.05, 3.63) is 11.8 Å². The van der Waals surface area contributed by atoms with Gasteiger partial charge in [0, 0.05) is 0 Å². The van der Waals surface area contributed by atoms with E-state index >= 15 is 0 Å². The number of halogens is 1. The molecule has 0 bridgehead atoms. The molecule has 0 aliphatic carbocycles. The zero-order chi connectivity index (χ0) is 12.3. The molecule has 9 heteroatoms. The standard InChI is InChI=1S/C7H10FN3O4S/c1-2-15-7(12)5-3-10-11(4-8)6(5)16(9,13)14/h3H,2,4H2,1H3,(H2,9,13,14). The molecule has 0 unspecified atom stereocenters. The minimum Gasteiger partial charge on any atom is -0.462 e. The smallest absolute Gasteiger partial charge is 0.342 e. The molecule has 0 saturated carbocycles. The molecule has 0 aliphatic rings. The quantitative estimate of drug-likeness (QED) is 0.735. The van der Waals surface area contributed by atoms with E-state index in [0.29, 0.717) is 4.68 Å². The SMILES string of the molecule is CCOC(=O)c1cnn(CF)c1S(N)(=O)=O. The van der Waals surface area contributed by atoms with Gasteiger partial charge in [-0.05, 0) is 6.92 Å². The first-order valence-electron chi connectivity index (χ1n) is 4.23. The third-order valence-corrected chi connectivity index (χ3v) is 2.64. The van der Waals surface area contributed by atoms with Crippen LogP contribution in [0.1, 0.15) is 17.3 Å². The van der Waals surface area contributed by atoms with Gasteiger partial charge in [0.15, 0.2) is 11.8 Å². The van der Waals surface area contributed by atoms with Crippen LogP contribution in [0.5, 0.6) is 0 Å². The number of rotatable bonds is 4. The van der Waals surface area contributed by atoms with Crippen molar-refractivity contribution in [2.75, 3.05) is 6.61 Å². The van der Waals surface area contributed by atoms with Crippen molar-refractivity contribution in [3.63, 3.8) is 0 Å². The number of esters is 1. The van der Waals surface area contributed by atoms with Crippen LogP contribution in [0.3, 0.4) is 0 Å². The van der Waals surface area contributed by atoms with E-state index in [1.54, 1.807) is 6.92 Å². The van der Waals surface area contributed by atoms with Crippen molar-refractivity contribution in [1.82, 2.24) is 9.78 Å². The zero-order valence-corrected chi connectivity index (χ0v) is 9.20. The van der Waals surface area contributed by atoms with Crippen molar-refractivity contribution in [2.45, 2.75) is 18.7 Å². The predicted octanol–water partition coefficient (Wildman–Crippen LogP) is -0.366. The van der Waals surface area contributed by atoms with E-state index in [-0.39, 0.29) is 12.2 Å². The first kappa shape index (κ1) is 12.6. The average molecular weight is 251 g/mol. The Kier molecular flexibility index (Phi) is 3.60.